The van der Waals surface area contributed by atoms with Gasteiger partial charge in [-0.05, 0) is 69.0 Å². The number of rotatable bonds is 5. The summed E-state index contributed by atoms with van der Waals surface area (Å²) in [5.74, 6) is 1.91. The SMILES string of the molecule is CC(C)(C)OC(=O)N1CCCC(c2ccc3c(n2)NC(c2ccc(COc4ccccc4)cc2)N3)C1. The molecule has 0 saturated carbocycles. The number of aromatic nitrogens is 1. The average Bonchev–Trinajstić information content (AvgIpc) is 3.31. The van der Waals surface area contributed by atoms with E-state index in [1.54, 1.807) is 0 Å². The lowest BCUT2D eigenvalue weighted by Crippen LogP contribution is -2.42. The molecule has 7 nitrogen and oxygen atoms in total. The standard InChI is InChI=1S/C29H34N4O3/c1-29(2,3)36-28(34)33-17-7-8-22(18-33)24-15-16-25-27(30-24)32-26(31-25)21-13-11-20(12-14-21)19-35-23-9-5-4-6-10-23/h4-6,9-16,22,26,31H,7-8,17-19H2,1-3H3,(H,30,32). The molecule has 5 rings (SSSR count). The van der Waals surface area contributed by atoms with Gasteiger partial charge in [-0.25, -0.2) is 9.78 Å². The van der Waals surface area contributed by atoms with Crippen LogP contribution in [0.15, 0.2) is 66.7 Å². The molecule has 0 aliphatic carbocycles. The maximum Gasteiger partial charge on any atom is 0.410 e. The lowest BCUT2D eigenvalue weighted by atomic mass is 9.94. The van der Waals surface area contributed by atoms with Gasteiger partial charge in [0.15, 0.2) is 5.82 Å². The molecule has 1 saturated heterocycles. The molecule has 1 aromatic heterocycles. The summed E-state index contributed by atoms with van der Waals surface area (Å²) in [5, 5.41) is 7.04. The molecule has 0 spiro atoms. The number of fused-ring (bicyclic) bond motifs is 1. The highest BCUT2D eigenvalue weighted by Gasteiger charge is 2.30. The predicted molar refractivity (Wildman–Crippen MR) is 141 cm³/mol. The summed E-state index contributed by atoms with van der Waals surface area (Å²) in [5.41, 5.74) is 3.75. The summed E-state index contributed by atoms with van der Waals surface area (Å²) in [4.78, 5) is 19.3. The van der Waals surface area contributed by atoms with Gasteiger partial charge in [0.2, 0.25) is 0 Å². The molecule has 188 valence electrons. The third-order valence-corrected chi connectivity index (χ3v) is 6.45. The summed E-state index contributed by atoms with van der Waals surface area (Å²) in [6.07, 6.45) is 1.66. The second-order valence-electron chi connectivity index (χ2n) is 10.5. The van der Waals surface area contributed by atoms with Gasteiger partial charge in [-0.3, -0.25) is 0 Å². The van der Waals surface area contributed by atoms with Crippen LogP contribution in [0.3, 0.4) is 0 Å². The molecule has 2 aliphatic rings. The zero-order chi connectivity index (χ0) is 25.1. The van der Waals surface area contributed by atoms with Gasteiger partial charge in [-0.2, -0.15) is 0 Å². The minimum atomic E-state index is -0.492. The van der Waals surface area contributed by atoms with Crippen LogP contribution in [0.4, 0.5) is 16.3 Å². The van der Waals surface area contributed by atoms with Crippen LogP contribution in [0.5, 0.6) is 5.75 Å². The van der Waals surface area contributed by atoms with E-state index in [9.17, 15) is 4.79 Å². The number of hydrogen-bond acceptors (Lipinski definition) is 6. The van der Waals surface area contributed by atoms with Crippen molar-refractivity contribution in [2.24, 2.45) is 0 Å². The van der Waals surface area contributed by atoms with Gasteiger partial charge in [0, 0.05) is 24.7 Å². The summed E-state index contributed by atoms with van der Waals surface area (Å²) >= 11 is 0. The molecular formula is C29H34N4O3. The Balaban J connectivity index is 1.20. The van der Waals surface area contributed by atoms with Crippen molar-refractivity contribution < 1.29 is 14.3 Å². The van der Waals surface area contributed by atoms with Crippen molar-refractivity contribution in [3.05, 3.63) is 83.6 Å². The molecular weight excluding hydrogens is 452 g/mol. The topological polar surface area (TPSA) is 75.7 Å². The maximum atomic E-state index is 12.6. The maximum absolute atomic E-state index is 12.6. The van der Waals surface area contributed by atoms with E-state index >= 15 is 0 Å². The highest BCUT2D eigenvalue weighted by molar-refractivity contribution is 5.72. The Bertz CT molecular complexity index is 1190. The highest BCUT2D eigenvalue weighted by atomic mass is 16.6. The first kappa shape index (κ1) is 24.0. The zero-order valence-corrected chi connectivity index (χ0v) is 21.2. The minimum Gasteiger partial charge on any atom is -0.489 e. The highest BCUT2D eigenvalue weighted by Crippen LogP contribution is 2.36. The van der Waals surface area contributed by atoms with Crippen LogP contribution >= 0.6 is 0 Å². The second kappa shape index (κ2) is 10.1. The van der Waals surface area contributed by atoms with Crippen LogP contribution in [0.1, 0.15) is 62.5 Å². The van der Waals surface area contributed by atoms with Crippen LogP contribution in [-0.4, -0.2) is 34.7 Å². The van der Waals surface area contributed by atoms with Gasteiger partial charge in [0.1, 0.15) is 24.1 Å². The van der Waals surface area contributed by atoms with Crippen molar-refractivity contribution in [3.63, 3.8) is 0 Å². The fourth-order valence-corrected chi connectivity index (χ4v) is 4.62. The van der Waals surface area contributed by atoms with E-state index in [2.05, 4.69) is 47.0 Å². The predicted octanol–water partition coefficient (Wildman–Crippen LogP) is 6.31. The molecule has 0 bridgehead atoms. The molecule has 7 heteroatoms. The van der Waals surface area contributed by atoms with E-state index in [1.165, 1.54) is 0 Å². The molecule has 1 fully saturated rings. The zero-order valence-electron chi connectivity index (χ0n) is 21.2. The summed E-state index contributed by atoms with van der Waals surface area (Å²) in [6, 6.07) is 22.4. The quantitative estimate of drug-likeness (QED) is 0.440. The van der Waals surface area contributed by atoms with E-state index in [4.69, 9.17) is 14.5 Å². The number of carbonyl (C=O) groups excluding carboxylic acids is 1. The summed E-state index contributed by atoms with van der Waals surface area (Å²) in [6.45, 7) is 7.58. The Morgan fingerprint density at radius 1 is 1.03 bits per heavy atom. The number of hydrogen-bond donors (Lipinski definition) is 2. The molecule has 1 amide bonds. The van der Waals surface area contributed by atoms with E-state index in [0.717, 1.165) is 53.5 Å². The van der Waals surface area contributed by atoms with Gasteiger partial charge in [0.25, 0.3) is 0 Å². The monoisotopic (exact) mass is 486 g/mol. The first-order chi connectivity index (χ1) is 17.3. The summed E-state index contributed by atoms with van der Waals surface area (Å²) < 4.78 is 11.4. The first-order valence-corrected chi connectivity index (χ1v) is 12.6. The van der Waals surface area contributed by atoms with Crippen molar-refractivity contribution in [1.82, 2.24) is 9.88 Å². The number of benzene rings is 2. The van der Waals surface area contributed by atoms with Gasteiger partial charge in [-0.1, -0.05) is 42.5 Å². The average molecular weight is 487 g/mol. The van der Waals surface area contributed by atoms with Crippen LogP contribution < -0.4 is 15.4 Å². The number of para-hydroxylation sites is 1. The van der Waals surface area contributed by atoms with Crippen molar-refractivity contribution in [3.8, 4) is 5.75 Å². The number of pyridine rings is 1. The Labute approximate surface area is 212 Å². The fourth-order valence-electron chi connectivity index (χ4n) is 4.62. The Kier molecular flexibility index (Phi) is 6.72. The van der Waals surface area contributed by atoms with E-state index in [1.807, 2.05) is 56.0 Å². The van der Waals surface area contributed by atoms with Gasteiger partial charge >= 0.3 is 6.09 Å². The third-order valence-electron chi connectivity index (χ3n) is 6.45. The van der Waals surface area contributed by atoms with Crippen molar-refractivity contribution in [2.75, 3.05) is 23.7 Å². The minimum absolute atomic E-state index is 0.0449. The van der Waals surface area contributed by atoms with Gasteiger partial charge in [0.05, 0.1) is 5.69 Å². The largest absolute Gasteiger partial charge is 0.489 e. The molecule has 3 aromatic rings. The Morgan fingerprint density at radius 3 is 2.56 bits per heavy atom. The van der Waals surface area contributed by atoms with Crippen molar-refractivity contribution in [2.45, 2.75) is 57.9 Å². The van der Waals surface area contributed by atoms with Crippen molar-refractivity contribution in [1.29, 1.82) is 0 Å². The van der Waals surface area contributed by atoms with Crippen LogP contribution in [0.2, 0.25) is 0 Å². The molecule has 3 heterocycles. The molecule has 2 aromatic carbocycles. The molecule has 2 unspecified atom stereocenters. The first-order valence-electron chi connectivity index (χ1n) is 12.6. The Hall–Kier alpha value is -3.74. The molecule has 0 radical (unpaired) electrons. The molecule has 2 N–H and O–H groups in total. The Morgan fingerprint density at radius 2 is 1.81 bits per heavy atom. The molecule has 2 atom stereocenters. The lowest BCUT2D eigenvalue weighted by molar-refractivity contribution is 0.0197. The number of piperidine rings is 1. The smallest absolute Gasteiger partial charge is 0.410 e. The number of amides is 1. The number of likely N-dealkylation sites (tertiary alicyclic amines) is 1. The molecule has 36 heavy (non-hydrogen) atoms. The van der Waals surface area contributed by atoms with E-state index < -0.39 is 5.60 Å². The number of nitrogens with one attached hydrogen (secondary N) is 2. The summed E-state index contributed by atoms with van der Waals surface area (Å²) in [7, 11) is 0. The van der Waals surface area contributed by atoms with Crippen LogP contribution in [0.25, 0.3) is 0 Å². The number of nitrogens with zero attached hydrogens (tertiary/aromatic N) is 2. The van der Waals surface area contributed by atoms with Crippen LogP contribution in [0, 0.1) is 0 Å². The number of carbonyl (C=O) groups is 1. The second-order valence-corrected chi connectivity index (χ2v) is 10.5. The third kappa shape index (κ3) is 5.73. The van der Waals surface area contributed by atoms with Crippen LogP contribution in [-0.2, 0) is 11.3 Å². The van der Waals surface area contributed by atoms with Gasteiger partial charge in [-0.15, -0.1) is 0 Å². The van der Waals surface area contributed by atoms with E-state index in [-0.39, 0.29) is 18.2 Å². The normalized spacial score (nSPS) is 19.1. The van der Waals surface area contributed by atoms with Gasteiger partial charge < -0.3 is 25.0 Å². The number of anilines is 2. The van der Waals surface area contributed by atoms with E-state index in [0.29, 0.717) is 13.2 Å². The molecule has 2 aliphatic heterocycles. The number of ether oxygens (including phenoxy) is 2. The lowest BCUT2D eigenvalue weighted by Gasteiger charge is -2.34. The fraction of sp³-hybridized carbons (Fsp3) is 0.379. The van der Waals surface area contributed by atoms with Crippen molar-refractivity contribution >= 4 is 17.6 Å².